The highest BCUT2D eigenvalue weighted by Gasteiger charge is 2.20. The van der Waals surface area contributed by atoms with Crippen LogP contribution in [0.3, 0.4) is 0 Å². The van der Waals surface area contributed by atoms with E-state index >= 15 is 0 Å². The summed E-state index contributed by atoms with van der Waals surface area (Å²) in [5.74, 6) is 0.663. The van der Waals surface area contributed by atoms with Gasteiger partial charge in [0.25, 0.3) is 5.91 Å². The Labute approximate surface area is 189 Å². The molecule has 0 aliphatic carbocycles. The van der Waals surface area contributed by atoms with E-state index in [-0.39, 0.29) is 5.91 Å². The first kappa shape index (κ1) is 19.4. The van der Waals surface area contributed by atoms with E-state index < -0.39 is 0 Å². The first-order valence-electron chi connectivity index (χ1n) is 10.9. The maximum atomic E-state index is 11.9. The molecule has 6 rings (SSSR count). The Kier molecular flexibility index (Phi) is 4.84. The van der Waals surface area contributed by atoms with E-state index in [1.54, 1.807) is 17.5 Å². The van der Waals surface area contributed by atoms with E-state index in [0.717, 1.165) is 58.5 Å². The van der Waals surface area contributed by atoms with E-state index in [9.17, 15) is 4.79 Å². The highest BCUT2D eigenvalue weighted by molar-refractivity contribution is 7.13. The molecule has 0 bridgehead atoms. The standard InChI is InChI=1S/C23H23N7OS/c31-22-18-5-4-15(10-16(18)11-26-22)19-12-25-20(21-24-6-9-30(19)21)28-23-27-17(14-32-23)13-29-7-2-1-3-8-29/h4-6,9-10,12,14H,1-3,7-8,11,13H2,(H,26,31)(H,25,27,28). The summed E-state index contributed by atoms with van der Waals surface area (Å²) in [5, 5.41) is 9.17. The number of rotatable bonds is 5. The number of hydrogen-bond donors (Lipinski definition) is 2. The van der Waals surface area contributed by atoms with Crippen molar-refractivity contribution in [1.29, 1.82) is 0 Å². The summed E-state index contributed by atoms with van der Waals surface area (Å²) in [6, 6.07) is 5.88. The van der Waals surface area contributed by atoms with Gasteiger partial charge in [0.2, 0.25) is 0 Å². The van der Waals surface area contributed by atoms with Crippen LogP contribution in [-0.4, -0.2) is 43.2 Å². The molecule has 0 spiro atoms. The Hall–Kier alpha value is -3.30. The summed E-state index contributed by atoms with van der Waals surface area (Å²) in [7, 11) is 0. The Bertz CT molecular complexity index is 1300. The van der Waals surface area contributed by atoms with Gasteiger partial charge in [0.15, 0.2) is 16.6 Å². The molecule has 0 atom stereocenters. The number of carbonyl (C=O) groups excluding carboxylic acids is 1. The number of carbonyl (C=O) groups is 1. The van der Waals surface area contributed by atoms with Crippen LogP contribution in [0.15, 0.2) is 42.2 Å². The number of thiazole rings is 1. The third kappa shape index (κ3) is 3.53. The predicted octanol–water partition coefficient (Wildman–Crippen LogP) is 3.83. The van der Waals surface area contributed by atoms with Gasteiger partial charge in [0.05, 0.1) is 17.6 Å². The molecule has 2 N–H and O–H groups in total. The van der Waals surface area contributed by atoms with Gasteiger partial charge in [0.1, 0.15) is 0 Å². The van der Waals surface area contributed by atoms with Crippen LogP contribution in [0.1, 0.15) is 40.9 Å². The number of nitrogens with one attached hydrogen (secondary N) is 2. The van der Waals surface area contributed by atoms with Crippen molar-refractivity contribution in [3.8, 4) is 11.3 Å². The van der Waals surface area contributed by atoms with Gasteiger partial charge in [-0.1, -0.05) is 12.5 Å². The molecule has 0 saturated carbocycles. The Morgan fingerprint density at radius 1 is 1.16 bits per heavy atom. The average molecular weight is 446 g/mol. The molecule has 4 aromatic rings. The lowest BCUT2D eigenvalue weighted by atomic mass is 10.0. The molecule has 8 nitrogen and oxygen atoms in total. The fourth-order valence-electron chi connectivity index (χ4n) is 4.50. The molecular weight excluding hydrogens is 422 g/mol. The van der Waals surface area contributed by atoms with Crippen LogP contribution in [0.5, 0.6) is 0 Å². The van der Waals surface area contributed by atoms with Crippen molar-refractivity contribution < 1.29 is 4.79 Å². The van der Waals surface area contributed by atoms with Crippen LogP contribution < -0.4 is 10.6 Å². The summed E-state index contributed by atoms with van der Waals surface area (Å²) in [4.78, 5) is 28.3. The van der Waals surface area contributed by atoms with E-state index in [1.807, 2.05) is 35.0 Å². The first-order valence-corrected chi connectivity index (χ1v) is 11.8. The summed E-state index contributed by atoms with van der Waals surface area (Å²) < 4.78 is 2.02. The van der Waals surface area contributed by atoms with E-state index in [1.165, 1.54) is 19.3 Å². The van der Waals surface area contributed by atoms with E-state index in [2.05, 4.69) is 30.9 Å². The zero-order valence-electron chi connectivity index (χ0n) is 17.5. The van der Waals surface area contributed by atoms with Crippen LogP contribution in [0.4, 0.5) is 10.9 Å². The zero-order valence-corrected chi connectivity index (χ0v) is 18.4. The molecule has 1 saturated heterocycles. The summed E-state index contributed by atoms with van der Waals surface area (Å²) in [6.45, 7) is 3.78. The van der Waals surface area contributed by atoms with Gasteiger partial charge >= 0.3 is 0 Å². The molecule has 9 heteroatoms. The fraction of sp³-hybridized carbons (Fsp3) is 0.304. The Morgan fingerprint density at radius 3 is 2.97 bits per heavy atom. The maximum absolute atomic E-state index is 11.9. The van der Waals surface area contributed by atoms with Crippen LogP contribution >= 0.6 is 11.3 Å². The fourth-order valence-corrected chi connectivity index (χ4v) is 5.20. The highest BCUT2D eigenvalue weighted by atomic mass is 32.1. The third-order valence-electron chi connectivity index (χ3n) is 6.12. The number of nitrogens with zero attached hydrogens (tertiary/aromatic N) is 5. The lowest BCUT2D eigenvalue weighted by Gasteiger charge is -2.25. The first-order chi connectivity index (χ1) is 15.7. The minimum Gasteiger partial charge on any atom is -0.348 e. The normalized spacial score (nSPS) is 16.3. The van der Waals surface area contributed by atoms with Crippen molar-refractivity contribution in [2.75, 3.05) is 18.4 Å². The quantitative estimate of drug-likeness (QED) is 0.486. The smallest absolute Gasteiger partial charge is 0.251 e. The molecule has 0 radical (unpaired) electrons. The van der Waals surface area contributed by atoms with Crippen LogP contribution in [-0.2, 0) is 13.1 Å². The van der Waals surface area contributed by atoms with Crippen LogP contribution in [0.2, 0.25) is 0 Å². The van der Waals surface area contributed by atoms with Crippen molar-refractivity contribution in [2.24, 2.45) is 0 Å². The van der Waals surface area contributed by atoms with Crippen molar-refractivity contribution in [1.82, 2.24) is 29.6 Å². The molecule has 0 unspecified atom stereocenters. The molecule has 32 heavy (non-hydrogen) atoms. The molecule has 5 heterocycles. The summed E-state index contributed by atoms with van der Waals surface area (Å²) in [5.41, 5.74) is 5.51. The Morgan fingerprint density at radius 2 is 2.06 bits per heavy atom. The molecule has 2 aliphatic rings. The number of hydrogen-bond acceptors (Lipinski definition) is 7. The van der Waals surface area contributed by atoms with E-state index in [0.29, 0.717) is 12.4 Å². The largest absolute Gasteiger partial charge is 0.348 e. The van der Waals surface area contributed by atoms with Gasteiger partial charge in [-0.2, -0.15) is 0 Å². The number of likely N-dealkylation sites (tertiary alicyclic amines) is 1. The zero-order chi connectivity index (χ0) is 21.5. The van der Waals surface area contributed by atoms with Crippen molar-refractivity contribution in [3.05, 3.63) is 59.0 Å². The molecule has 3 aromatic heterocycles. The molecule has 1 amide bonds. The minimum absolute atomic E-state index is 0.0138. The third-order valence-corrected chi connectivity index (χ3v) is 6.93. The second kappa shape index (κ2) is 7.99. The average Bonchev–Trinajstić information content (AvgIpc) is 3.56. The number of amides is 1. The van der Waals surface area contributed by atoms with Crippen molar-refractivity contribution >= 4 is 33.8 Å². The predicted molar refractivity (Wildman–Crippen MR) is 124 cm³/mol. The molecular formula is C23H23N7OS. The second-order valence-corrected chi connectivity index (χ2v) is 9.13. The van der Waals surface area contributed by atoms with Gasteiger partial charge in [-0.15, -0.1) is 11.3 Å². The minimum atomic E-state index is -0.0138. The van der Waals surface area contributed by atoms with Crippen LogP contribution in [0, 0.1) is 0 Å². The van der Waals surface area contributed by atoms with Gasteiger partial charge in [-0.05, 0) is 43.6 Å². The lowest BCUT2D eigenvalue weighted by molar-refractivity contribution is 0.0966. The van der Waals surface area contributed by atoms with E-state index in [4.69, 9.17) is 4.98 Å². The summed E-state index contributed by atoms with van der Waals surface area (Å²) >= 11 is 1.59. The topological polar surface area (TPSA) is 87.4 Å². The SMILES string of the molecule is O=C1NCc2cc(-c3cnc(Nc4nc(CN5CCCCC5)cs4)c4nccn34)ccc21. The number of anilines is 2. The van der Waals surface area contributed by atoms with Crippen molar-refractivity contribution in [2.45, 2.75) is 32.4 Å². The Balaban J connectivity index is 1.26. The molecule has 1 aromatic carbocycles. The number of benzene rings is 1. The van der Waals surface area contributed by atoms with Gasteiger partial charge in [-0.25, -0.2) is 15.0 Å². The lowest BCUT2D eigenvalue weighted by Crippen LogP contribution is -2.29. The molecule has 162 valence electrons. The van der Waals surface area contributed by atoms with Crippen molar-refractivity contribution in [3.63, 3.8) is 0 Å². The van der Waals surface area contributed by atoms with Gasteiger partial charge < -0.3 is 10.6 Å². The monoisotopic (exact) mass is 445 g/mol. The molecule has 1 fully saturated rings. The van der Waals surface area contributed by atoms with Gasteiger partial charge in [-0.3, -0.25) is 14.1 Å². The summed E-state index contributed by atoms with van der Waals surface area (Å²) in [6.07, 6.45) is 9.43. The van der Waals surface area contributed by atoms with Crippen LogP contribution in [0.25, 0.3) is 16.9 Å². The second-order valence-electron chi connectivity index (χ2n) is 8.27. The number of piperidine rings is 1. The van der Waals surface area contributed by atoms with Gasteiger partial charge in [0, 0.05) is 42.0 Å². The number of fused-ring (bicyclic) bond motifs is 2. The number of aromatic nitrogens is 4. The highest BCUT2D eigenvalue weighted by Crippen LogP contribution is 2.29. The number of imidazole rings is 1. The maximum Gasteiger partial charge on any atom is 0.251 e. The molecule has 2 aliphatic heterocycles.